The zero-order valence-electron chi connectivity index (χ0n) is 9.65. The second kappa shape index (κ2) is 7.05. The normalized spacial score (nSPS) is 21.6. The van der Waals surface area contributed by atoms with Gasteiger partial charge in [0.05, 0.1) is 6.42 Å². The van der Waals surface area contributed by atoms with Gasteiger partial charge in [-0.05, 0) is 48.4 Å². The molecule has 1 rings (SSSR count). The number of hydrogen-bond acceptors (Lipinski definition) is 4. The fourth-order valence-corrected chi connectivity index (χ4v) is 1.04. The number of rotatable bonds is 0. The van der Waals surface area contributed by atoms with Crippen molar-refractivity contribution in [1.29, 1.82) is 0 Å². The molecule has 0 radical (unpaired) electrons. The second-order valence-corrected chi connectivity index (χ2v) is 3.40. The van der Waals surface area contributed by atoms with E-state index in [4.69, 9.17) is 9.84 Å². The highest BCUT2D eigenvalue weighted by Crippen LogP contribution is 2.13. The summed E-state index contributed by atoms with van der Waals surface area (Å²) in [4.78, 5) is 10.8. The molecule has 4 heteroatoms. The molecule has 0 aromatic carbocycles. The van der Waals surface area contributed by atoms with E-state index in [9.17, 15) is 9.90 Å². The Kier molecular flexibility index (Phi) is 5.37. The lowest BCUT2D eigenvalue weighted by Crippen LogP contribution is -2.18. The summed E-state index contributed by atoms with van der Waals surface area (Å²) in [5, 5.41) is 18.1. The summed E-state index contributed by atoms with van der Waals surface area (Å²) < 4.78 is 4.73. The molecule has 0 aromatic heterocycles. The molecule has 1 heterocycles. The Bertz CT molecular complexity index is 558. The maximum absolute atomic E-state index is 10.8. The van der Waals surface area contributed by atoms with Crippen LogP contribution < -0.4 is 0 Å². The van der Waals surface area contributed by atoms with Crippen molar-refractivity contribution in [3.8, 4) is 47.4 Å². The van der Waals surface area contributed by atoms with E-state index in [2.05, 4.69) is 47.4 Å². The van der Waals surface area contributed by atoms with Crippen LogP contribution in [0.25, 0.3) is 0 Å². The Morgan fingerprint density at radius 2 is 1.83 bits per heavy atom. The maximum atomic E-state index is 10.8. The third-order valence-corrected chi connectivity index (χ3v) is 1.79. The molecule has 90 valence electrons. The lowest BCUT2D eigenvalue weighted by Gasteiger charge is -2.02. The van der Waals surface area contributed by atoms with Gasteiger partial charge in [0, 0.05) is 0 Å². The molecule has 1 fully saturated rings. The number of carbonyl (C=O) groups excluding carboxylic acids is 1. The molecule has 0 spiro atoms. The molecule has 0 bridgehead atoms. The van der Waals surface area contributed by atoms with E-state index < -0.39 is 24.3 Å². The first kappa shape index (κ1) is 13.7. The van der Waals surface area contributed by atoms with Crippen LogP contribution in [0.1, 0.15) is 13.3 Å². The van der Waals surface area contributed by atoms with Gasteiger partial charge < -0.3 is 14.9 Å². The molecule has 1 saturated heterocycles. The number of aliphatic hydroxyl groups excluding tert-OH is 2. The predicted molar refractivity (Wildman–Crippen MR) is 63.3 cm³/mol. The van der Waals surface area contributed by atoms with Crippen LogP contribution >= 0.6 is 0 Å². The van der Waals surface area contributed by atoms with Gasteiger partial charge in [-0.25, -0.2) is 0 Å². The number of esters is 1. The minimum absolute atomic E-state index is 0.0402. The molecule has 2 N–H and O–H groups in total. The molecule has 0 aromatic rings. The van der Waals surface area contributed by atoms with Crippen LogP contribution in [0.4, 0.5) is 0 Å². The number of cyclic esters (lactones) is 1. The van der Waals surface area contributed by atoms with E-state index >= 15 is 0 Å². The summed E-state index contributed by atoms with van der Waals surface area (Å²) in [6.45, 7) is 1.53. The molecular weight excluding hydrogens is 232 g/mol. The van der Waals surface area contributed by atoms with Gasteiger partial charge in [-0.1, -0.05) is 5.92 Å². The Hall–Kier alpha value is -2.37. The van der Waals surface area contributed by atoms with E-state index in [1.807, 2.05) is 0 Å². The van der Waals surface area contributed by atoms with Crippen molar-refractivity contribution in [3.63, 3.8) is 0 Å². The predicted octanol–water partition coefficient (Wildman–Crippen LogP) is -0.943. The monoisotopic (exact) mass is 242 g/mol. The van der Waals surface area contributed by atoms with Crippen molar-refractivity contribution in [1.82, 2.24) is 0 Å². The van der Waals surface area contributed by atoms with E-state index in [0.717, 1.165) is 0 Å². The van der Waals surface area contributed by atoms with E-state index in [1.54, 1.807) is 0 Å². The second-order valence-electron chi connectivity index (χ2n) is 3.40. The fourth-order valence-electron chi connectivity index (χ4n) is 1.04. The van der Waals surface area contributed by atoms with Crippen molar-refractivity contribution in [2.24, 2.45) is 0 Å². The largest absolute Gasteiger partial charge is 0.446 e. The number of aliphatic hydroxyl groups is 2. The number of hydrogen-bond donors (Lipinski definition) is 2. The summed E-state index contributed by atoms with van der Waals surface area (Å²) in [6, 6.07) is 0. The summed E-state index contributed by atoms with van der Waals surface area (Å²) in [7, 11) is 0. The van der Waals surface area contributed by atoms with Crippen molar-refractivity contribution < 1.29 is 19.7 Å². The van der Waals surface area contributed by atoms with Crippen LogP contribution in [-0.2, 0) is 9.53 Å². The van der Waals surface area contributed by atoms with Crippen LogP contribution in [0.2, 0.25) is 0 Å². The molecule has 0 saturated carbocycles. The highest BCUT2D eigenvalue weighted by molar-refractivity contribution is 5.73. The molecular formula is C14H10O4. The summed E-state index contributed by atoms with van der Waals surface area (Å²) >= 11 is 0. The molecule has 18 heavy (non-hydrogen) atoms. The first-order valence-corrected chi connectivity index (χ1v) is 5.16. The summed E-state index contributed by atoms with van der Waals surface area (Å²) in [5.41, 5.74) is 0. The zero-order chi connectivity index (χ0) is 13.4. The lowest BCUT2D eigenvalue weighted by molar-refractivity contribution is -0.139. The minimum Gasteiger partial charge on any atom is -0.446 e. The topological polar surface area (TPSA) is 66.8 Å². The average molecular weight is 242 g/mol. The average Bonchev–Trinajstić information content (AvgIpc) is 2.61. The van der Waals surface area contributed by atoms with E-state index in [0.29, 0.717) is 0 Å². The first-order valence-electron chi connectivity index (χ1n) is 5.16. The third-order valence-electron chi connectivity index (χ3n) is 1.79. The molecule has 1 unspecified atom stereocenters. The third kappa shape index (κ3) is 5.11. The Labute approximate surface area is 105 Å². The highest BCUT2D eigenvalue weighted by atomic mass is 16.6. The van der Waals surface area contributed by atoms with Gasteiger partial charge in [0.15, 0.2) is 6.10 Å². The summed E-state index contributed by atoms with van der Waals surface area (Å²) in [6.07, 6.45) is -2.46. The molecule has 1 aliphatic rings. The van der Waals surface area contributed by atoms with Gasteiger partial charge in [0.1, 0.15) is 12.2 Å². The van der Waals surface area contributed by atoms with Crippen LogP contribution in [0.15, 0.2) is 0 Å². The smallest absolute Gasteiger partial charge is 0.309 e. The first-order chi connectivity index (χ1) is 8.59. The van der Waals surface area contributed by atoms with E-state index in [1.165, 1.54) is 6.92 Å². The Morgan fingerprint density at radius 3 is 2.39 bits per heavy atom. The Morgan fingerprint density at radius 1 is 1.22 bits per heavy atom. The molecule has 0 aliphatic carbocycles. The van der Waals surface area contributed by atoms with Crippen LogP contribution in [0.5, 0.6) is 0 Å². The van der Waals surface area contributed by atoms with Crippen LogP contribution in [0.3, 0.4) is 0 Å². The van der Waals surface area contributed by atoms with E-state index in [-0.39, 0.29) is 6.42 Å². The quantitative estimate of drug-likeness (QED) is 0.425. The van der Waals surface area contributed by atoms with Gasteiger partial charge in [-0.3, -0.25) is 4.79 Å². The Balaban J connectivity index is 2.48. The van der Waals surface area contributed by atoms with Crippen molar-refractivity contribution >= 4 is 5.97 Å². The van der Waals surface area contributed by atoms with Crippen LogP contribution in [-0.4, -0.2) is 34.5 Å². The van der Waals surface area contributed by atoms with Gasteiger partial charge in [0.2, 0.25) is 0 Å². The molecule has 3 atom stereocenters. The van der Waals surface area contributed by atoms with Gasteiger partial charge in [0.25, 0.3) is 0 Å². The maximum Gasteiger partial charge on any atom is 0.309 e. The fraction of sp³-hybridized carbons (Fsp3) is 0.357. The van der Waals surface area contributed by atoms with Crippen molar-refractivity contribution in [3.05, 3.63) is 0 Å². The van der Waals surface area contributed by atoms with Crippen molar-refractivity contribution in [2.45, 2.75) is 31.7 Å². The SMILES string of the molecule is CC(O)C#CC#CC#CC#C[C@H]1OC(=O)C[C@@H]1O. The minimum atomic E-state index is -0.894. The molecule has 1 aliphatic heterocycles. The lowest BCUT2D eigenvalue weighted by atomic mass is 10.2. The van der Waals surface area contributed by atoms with Gasteiger partial charge in [-0.2, -0.15) is 0 Å². The van der Waals surface area contributed by atoms with Gasteiger partial charge in [-0.15, -0.1) is 0 Å². The van der Waals surface area contributed by atoms with Crippen molar-refractivity contribution in [2.75, 3.05) is 0 Å². The molecule has 4 nitrogen and oxygen atoms in total. The molecule has 0 amide bonds. The van der Waals surface area contributed by atoms with Gasteiger partial charge >= 0.3 is 5.97 Å². The zero-order valence-corrected chi connectivity index (χ0v) is 9.65. The van der Waals surface area contributed by atoms with Crippen LogP contribution in [0, 0.1) is 47.4 Å². The highest BCUT2D eigenvalue weighted by Gasteiger charge is 2.31. The number of ether oxygens (including phenoxy) is 1. The summed E-state index contributed by atoms with van der Waals surface area (Å²) in [5.74, 6) is 19.0. The number of carbonyl (C=O) groups is 1. The standard InChI is InChI=1S/C14H10O4/c1-11(15)8-6-4-2-3-5-7-9-13-12(16)10-14(17)18-13/h11-13,15-16H,10H2,1H3/t11?,12-,13+/m0/s1.